The number of anilines is 1. The molecule has 3 aliphatic heterocycles. The largest absolute Gasteiger partial charge is 0.497 e. The molecule has 0 saturated carbocycles. The lowest BCUT2D eigenvalue weighted by Crippen LogP contribution is -2.38. The number of aromatic nitrogens is 1. The number of nitrogens with one attached hydrogen (secondary N) is 1. The molecule has 3 aromatic rings. The predicted octanol–water partition coefficient (Wildman–Crippen LogP) is 4.03. The van der Waals surface area contributed by atoms with Crippen molar-refractivity contribution in [3.63, 3.8) is 0 Å². The van der Waals surface area contributed by atoms with Crippen LogP contribution in [0.15, 0.2) is 52.3 Å². The number of amides is 3. The lowest BCUT2D eigenvalue weighted by molar-refractivity contribution is -0.134. The van der Waals surface area contributed by atoms with Crippen molar-refractivity contribution >= 4 is 46.5 Å². The van der Waals surface area contributed by atoms with Gasteiger partial charge in [-0.25, -0.2) is 4.90 Å². The molecule has 3 amide bonds. The van der Waals surface area contributed by atoms with E-state index in [4.69, 9.17) is 14.2 Å². The summed E-state index contributed by atoms with van der Waals surface area (Å²) in [5, 5.41) is -0.115. The van der Waals surface area contributed by atoms with Gasteiger partial charge in [-0.1, -0.05) is 29.2 Å². The van der Waals surface area contributed by atoms with Gasteiger partial charge in [-0.15, -0.1) is 0 Å². The molecule has 1 N–H and O–H groups in total. The second-order valence-electron chi connectivity index (χ2n) is 10.3. The second-order valence-corrected chi connectivity index (χ2v) is 12.5. The molecule has 1 aromatic heterocycles. The Bertz CT molecular complexity index is 1560. The minimum atomic E-state index is -0.731. The monoisotopic (exact) mass is 609 g/mol. The Kier molecular flexibility index (Phi) is 8.00. The van der Waals surface area contributed by atoms with E-state index < -0.39 is 17.1 Å². The van der Waals surface area contributed by atoms with Gasteiger partial charge >= 0.3 is 4.87 Å². The SMILES string of the molecule is CCOc1cc([C@@H]2c3sc(=O)[nH]c3S[C@H]3C(=O)N(c4ccc(OC)cc4)C(=O)[C@@H]23)ccc1OCC(=O)N1CCCCC1. The Balaban J connectivity index is 1.33. The number of rotatable bonds is 8. The van der Waals surface area contributed by atoms with Gasteiger partial charge in [-0.2, -0.15) is 0 Å². The van der Waals surface area contributed by atoms with Crippen molar-refractivity contribution in [2.75, 3.05) is 38.3 Å². The molecule has 12 heteroatoms. The van der Waals surface area contributed by atoms with E-state index >= 15 is 0 Å². The first-order valence-corrected chi connectivity index (χ1v) is 15.7. The number of piperidine rings is 1. The summed E-state index contributed by atoms with van der Waals surface area (Å²) in [6.07, 6.45) is 3.12. The van der Waals surface area contributed by atoms with Gasteiger partial charge in [0, 0.05) is 23.9 Å². The topological polar surface area (TPSA) is 118 Å². The number of carbonyl (C=O) groups is 3. The molecular formula is C30H31N3O7S2. The van der Waals surface area contributed by atoms with E-state index in [-0.39, 0.29) is 29.2 Å². The number of likely N-dealkylation sites (tertiary alicyclic amines) is 1. The first-order chi connectivity index (χ1) is 20.4. The quantitative estimate of drug-likeness (QED) is 0.381. The van der Waals surface area contributed by atoms with Crippen LogP contribution in [0.4, 0.5) is 5.69 Å². The van der Waals surface area contributed by atoms with Gasteiger partial charge in [0.2, 0.25) is 11.8 Å². The van der Waals surface area contributed by atoms with Crippen molar-refractivity contribution in [1.82, 2.24) is 9.88 Å². The third-order valence-electron chi connectivity index (χ3n) is 7.84. The van der Waals surface area contributed by atoms with E-state index in [0.717, 1.165) is 49.3 Å². The van der Waals surface area contributed by atoms with Crippen molar-refractivity contribution in [3.05, 3.63) is 62.6 Å². The van der Waals surface area contributed by atoms with Crippen molar-refractivity contribution in [2.24, 2.45) is 5.92 Å². The van der Waals surface area contributed by atoms with Crippen LogP contribution in [0.2, 0.25) is 0 Å². The van der Waals surface area contributed by atoms with Crippen LogP contribution in [0.25, 0.3) is 0 Å². The Morgan fingerprint density at radius 3 is 2.45 bits per heavy atom. The van der Waals surface area contributed by atoms with E-state index in [1.807, 2.05) is 17.9 Å². The second kappa shape index (κ2) is 11.8. The Morgan fingerprint density at radius 1 is 0.976 bits per heavy atom. The van der Waals surface area contributed by atoms with Crippen LogP contribution in [0.1, 0.15) is 42.5 Å². The number of ether oxygens (including phenoxy) is 3. The van der Waals surface area contributed by atoms with E-state index in [0.29, 0.717) is 39.4 Å². The lowest BCUT2D eigenvalue weighted by Gasteiger charge is -2.30. The number of nitrogens with zero attached hydrogens (tertiary/aromatic N) is 2. The fourth-order valence-electron chi connectivity index (χ4n) is 5.84. The lowest BCUT2D eigenvalue weighted by atomic mass is 9.83. The van der Waals surface area contributed by atoms with Crippen LogP contribution < -0.4 is 24.0 Å². The van der Waals surface area contributed by atoms with Gasteiger partial charge < -0.3 is 24.1 Å². The first kappa shape index (κ1) is 28.4. The number of thiazole rings is 1. The van der Waals surface area contributed by atoms with Crippen LogP contribution in [0, 0.1) is 5.92 Å². The van der Waals surface area contributed by atoms with E-state index in [1.54, 1.807) is 43.5 Å². The number of hydrogen-bond acceptors (Lipinski definition) is 9. The van der Waals surface area contributed by atoms with Crippen molar-refractivity contribution in [1.29, 1.82) is 0 Å². The molecule has 3 aliphatic rings. The molecule has 6 rings (SSSR count). The highest BCUT2D eigenvalue weighted by atomic mass is 32.2. The normalized spacial score (nSPS) is 21.6. The third-order valence-corrected chi connectivity index (χ3v) is 10.2. The molecule has 0 spiro atoms. The van der Waals surface area contributed by atoms with Crippen LogP contribution >= 0.6 is 23.1 Å². The molecule has 10 nitrogen and oxygen atoms in total. The van der Waals surface area contributed by atoms with E-state index in [1.165, 1.54) is 16.7 Å². The highest BCUT2D eigenvalue weighted by Gasteiger charge is 2.56. The maximum Gasteiger partial charge on any atom is 0.305 e. The number of hydrogen-bond donors (Lipinski definition) is 1. The number of benzene rings is 2. The van der Waals surface area contributed by atoms with E-state index in [2.05, 4.69) is 4.98 Å². The molecule has 42 heavy (non-hydrogen) atoms. The van der Waals surface area contributed by atoms with Crippen LogP contribution in [-0.4, -0.2) is 66.3 Å². The number of aromatic amines is 1. The zero-order chi connectivity index (χ0) is 29.4. The van der Waals surface area contributed by atoms with Gasteiger partial charge in [0.05, 0.1) is 30.3 Å². The molecule has 0 aliphatic carbocycles. The van der Waals surface area contributed by atoms with Gasteiger partial charge in [0.1, 0.15) is 11.0 Å². The van der Waals surface area contributed by atoms with Gasteiger partial charge in [-0.3, -0.25) is 19.2 Å². The summed E-state index contributed by atoms with van der Waals surface area (Å²) in [6, 6.07) is 12.1. The van der Waals surface area contributed by atoms with Crippen LogP contribution in [-0.2, 0) is 14.4 Å². The highest BCUT2D eigenvalue weighted by molar-refractivity contribution is 8.00. The molecular weight excluding hydrogens is 578 g/mol. The zero-order valence-electron chi connectivity index (χ0n) is 23.3. The fourth-order valence-corrected chi connectivity index (χ4v) is 8.36. The molecule has 2 aromatic carbocycles. The number of carbonyl (C=O) groups excluding carboxylic acids is 3. The molecule has 4 heterocycles. The maximum atomic E-state index is 14.0. The molecule has 2 saturated heterocycles. The van der Waals surface area contributed by atoms with Gasteiger partial charge in [0.25, 0.3) is 5.91 Å². The third kappa shape index (κ3) is 5.17. The fraction of sp³-hybridized carbons (Fsp3) is 0.400. The predicted molar refractivity (Wildman–Crippen MR) is 159 cm³/mol. The molecule has 0 radical (unpaired) electrons. The summed E-state index contributed by atoms with van der Waals surface area (Å²) in [5.74, 6) is -0.542. The van der Waals surface area contributed by atoms with Gasteiger partial charge in [-0.05, 0) is 68.1 Å². The minimum Gasteiger partial charge on any atom is -0.497 e. The number of methoxy groups -OCH3 is 1. The van der Waals surface area contributed by atoms with E-state index in [9.17, 15) is 19.2 Å². The summed E-state index contributed by atoms with van der Waals surface area (Å²) in [5.41, 5.74) is 1.19. The zero-order valence-corrected chi connectivity index (χ0v) is 24.9. The number of imide groups is 1. The Hall–Kier alpha value is -3.77. The maximum absolute atomic E-state index is 14.0. The number of H-pyrrole nitrogens is 1. The summed E-state index contributed by atoms with van der Waals surface area (Å²) in [7, 11) is 1.55. The van der Waals surface area contributed by atoms with Crippen LogP contribution in [0.3, 0.4) is 0 Å². The van der Waals surface area contributed by atoms with Crippen LogP contribution in [0.5, 0.6) is 17.2 Å². The van der Waals surface area contributed by atoms with Crippen molar-refractivity contribution in [3.8, 4) is 17.2 Å². The molecule has 3 atom stereocenters. The molecule has 0 bridgehead atoms. The smallest absolute Gasteiger partial charge is 0.305 e. The first-order valence-electron chi connectivity index (χ1n) is 14.0. The molecule has 220 valence electrons. The van der Waals surface area contributed by atoms with Crippen molar-refractivity contribution in [2.45, 2.75) is 42.4 Å². The highest BCUT2D eigenvalue weighted by Crippen LogP contribution is 2.53. The summed E-state index contributed by atoms with van der Waals surface area (Å²) < 4.78 is 17.1. The average molecular weight is 610 g/mol. The molecule has 2 fully saturated rings. The summed E-state index contributed by atoms with van der Waals surface area (Å²) in [6.45, 7) is 3.59. The minimum absolute atomic E-state index is 0.0659. The average Bonchev–Trinajstić information content (AvgIpc) is 3.50. The number of thioether (sulfide) groups is 1. The summed E-state index contributed by atoms with van der Waals surface area (Å²) >= 11 is 2.28. The Morgan fingerprint density at radius 2 is 1.74 bits per heavy atom. The summed E-state index contributed by atoms with van der Waals surface area (Å²) in [4.78, 5) is 59.2. The molecule has 0 unspecified atom stereocenters. The number of fused-ring (bicyclic) bond motifs is 2. The van der Waals surface area contributed by atoms with Gasteiger partial charge in [0.15, 0.2) is 18.1 Å². The standard InChI is InChI=1S/C30H31N3O7S2/c1-3-39-21-15-17(7-12-20(21)40-16-22(34)32-13-5-4-6-14-32)23-24-26(41-27-25(23)42-30(37)31-27)29(36)33(28(24)35)18-8-10-19(38-2)11-9-18/h7-12,15,23-24,26H,3-6,13-14,16H2,1-2H3,(H,31,37)/t23-,24-,26+/m0/s1. The Labute approximate surface area is 250 Å². The van der Waals surface area contributed by atoms with Crippen molar-refractivity contribution < 1.29 is 28.6 Å².